The first-order valence-electron chi connectivity index (χ1n) is 4.78. The lowest BCUT2D eigenvalue weighted by Gasteiger charge is -2.21. The topological polar surface area (TPSA) is 3.24 Å². The molecule has 0 aromatic heterocycles. The number of nitrogens with zero attached hydrogens (tertiary/aromatic N) is 1. The first-order chi connectivity index (χ1) is 5.99. The number of halogens is 3. The van der Waals surface area contributed by atoms with E-state index in [0.29, 0.717) is 0 Å². The molecule has 0 aliphatic carbocycles. The highest BCUT2D eigenvalue weighted by Gasteiger charge is 2.27. The van der Waals surface area contributed by atoms with Crippen molar-refractivity contribution in [1.82, 2.24) is 4.90 Å². The lowest BCUT2D eigenvalue weighted by atomic mass is 10.3. The predicted molar refractivity (Wildman–Crippen MR) is 47.7 cm³/mol. The van der Waals surface area contributed by atoms with Gasteiger partial charge in [-0.15, -0.1) is 0 Å². The molecule has 0 fully saturated rings. The molecule has 0 aromatic rings. The van der Waals surface area contributed by atoms with Gasteiger partial charge in [0.15, 0.2) is 0 Å². The van der Waals surface area contributed by atoms with Crippen molar-refractivity contribution in [2.24, 2.45) is 0 Å². The van der Waals surface area contributed by atoms with Gasteiger partial charge in [0.25, 0.3) is 0 Å². The second kappa shape index (κ2) is 6.24. The fourth-order valence-corrected chi connectivity index (χ4v) is 1.25. The molecule has 0 aliphatic rings. The average molecular weight is 197 g/mol. The van der Waals surface area contributed by atoms with Gasteiger partial charge in [0.1, 0.15) is 0 Å². The molecule has 0 amide bonds. The molecule has 0 aliphatic heterocycles. The highest BCUT2D eigenvalue weighted by molar-refractivity contribution is 4.60. The minimum absolute atomic E-state index is 0.144. The summed E-state index contributed by atoms with van der Waals surface area (Å²) in [5.41, 5.74) is 0. The van der Waals surface area contributed by atoms with E-state index in [9.17, 15) is 13.2 Å². The van der Waals surface area contributed by atoms with Crippen LogP contribution in [-0.2, 0) is 0 Å². The Balaban J connectivity index is 3.68. The fourth-order valence-electron chi connectivity index (χ4n) is 1.25. The minimum Gasteiger partial charge on any atom is -0.303 e. The highest BCUT2D eigenvalue weighted by Crippen LogP contribution is 2.19. The minimum atomic E-state index is -4.01. The Labute approximate surface area is 77.9 Å². The van der Waals surface area contributed by atoms with Crippen LogP contribution in [0.1, 0.15) is 33.1 Å². The van der Waals surface area contributed by atoms with Gasteiger partial charge < -0.3 is 4.90 Å². The van der Waals surface area contributed by atoms with Crippen molar-refractivity contribution in [3.05, 3.63) is 0 Å². The molecule has 0 spiro atoms. The molecule has 4 heteroatoms. The summed E-state index contributed by atoms with van der Waals surface area (Å²) in [4.78, 5) is 1.87. The molecule has 0 radical (unpaired) electrons. The molecule has 0 bridgehead atoms. The maximum absolute atomic E-state index is 11.9. The molecule has 0 saturated heterocycles. The van der Waals surface area contributed by atoms with Crippen LogP contribution in [0.3, 0.4) is 0 Å². The number of hydrogen-bond acceptors (Lipinski definition) is 1. The molecule has 80 valence electrons. The van der Waals surface area contributed by atoms with E-state index >= 15 is 0 Å². The largest absolute Gasteiger partial charge is 0.390 e. The number of rotatable bonds is 6. The Morgan fingerprint density at radius 3 is 1.69 bits per heavy atom. The Bertz CT molecular complexity index is 117. The van der Waals surface area contributed by atoms with E-state index in [1.54, 1.807) is 0 Å². The van der Waals surface area contributed by atoms with Crippen LogP contribution >= 0.6 is 0 Å². The van der Waals surface area contributed by atoms with E-state index < -0.39 is 12.6 Å². The van der Waals surface area contributed by atoms with E-state index in [1.165, 1.54) is 0 Å². The lowest BCUT2D eigenvalue weighted by Crippen LogP contribution is -2.29. The van der Waals surface area contributed by atoms with E-state index in [-0.39, 0.29) is 6.54 Å². The van der Waals surface area contributed by atoms with Crippen molar-refractivity contribution in [3.8, 4) is 0 Å². The van der Waals surface area contributed by atoms with Crippen molar-refractivity contribution in [3.63, 3.8) is 0 Å². The zero-order valence-electron chi connectivity index (χ0n) is 8.32. The maximum Gasteiger partial charge on any atom is 0.390 e. The van der Waals surface area contributed by atoms with Gasteiger partial charge in [0.2, 0.25) is 0 Å². The van der Waals surface area contributed by atoms with Crippen molar-refractivity contribution < 1.29 is 13.2 Å². The summed E-state index contributed by atoms with van der Waals surface area (Å²) in [5.74, 6) is 0. The summed E-state index contributed by atoms with van der Waals surface area (Å²) in [6.07, 6.45) is -2.87. The molecular weight excluding hydrogens is 179 g/mol. The van der Waals surface area contributed by atoms with Gasteiger partial charge >= 0.3 is 6.18 Å². The second-order valence-corrected chi connectivity index (χ2v) is 3.21. The van der Waals surface area contributed by atoms with Crippen LogP contribution in [0.15, 0.2) is 0 Å². The van der Waals surface area contributed by atoms with Gasteiger partial charge in [-0.05, 0) is 25.9 Å². The Morgan fingerprint density at radius 2 is 1.38 bits per heavy atom. The lowest BCUT2D eigenvalue weighted by molar-refractivity contribution is -0.138. The predicted octanol–water partition coefficient (Wildman–Crippen LogP) is 3.06. The molecule has 0 unspecified atom stereocenters. The van der Waals surface area contributed by atoms with Gasteiger partial charge in [-0.1, -0.05) is 13.8 Å². The Kier molecular flexibility index (Phi) is 6.12. The van der Waals surface area contributed by atoms with Gasteiger partial charge in [-0.25, -0.2) is 0 Å². The maximum atomic E-state index is 11.9. The van der Waals surface area contributed by atoms with Crippen LogP contribution in [0.2, 0.25) is 0 Å². The summed E-state index contributed by atoms with van der Waals surface area (Å²) in [5, 5.41) is 0. The van der Waals surface area contributed by atoms with Crippen LogP contribution in [0.4, 0.5) is 13.2 Å². The van der Waals surface area contributed by atoms with Crippen LogP contribution in [0.5, 0.6) is 0 Å². The third-order valence-electron chi connectivity index (χ3n) is 1.79. The monoisotopic (exact) mass is 197 g/mol. The van der Waals surface area contributed by atoms with Gasteiger partial charge in [-0.2, -0.15) is 13.2 Å². The SMILES string of the molecule is CCCN(CCC)CCC(F)(F)F. The molecule has 13 heavy (non-hydrogen) atoms. The van der Waals surface area contributed by atoms with Crippen molar-refractivity contribution in [2.45, 2.75) is 39.3 Å². The zero-order valence-corrected chi connectivity index (χ0v) is 8.32. The van der Waals surface area contributed by atoms with Crippen molar-refractivity contribution in [2.75, 3.05) is 19.6 Å². The molecule has 0 saturated carbocycles. The molecule has 0 aromatic carbocycles. The smallest absolute Gasteiger partial charge is 0.303 e. The Hall–Kier alpha value is -0.250. The molecule has 0 rings (SSSR count). The normalized spacial score (nSPS) is 12.5. The average Bonchev–Trinajstić information content (AvgIpc) is 2.00. The highest BCUT2D eigenvalue weighted by atomic mass is 19.4. The van der Waals surface area contributed by atoms with Crippen LogP contribution in [-0.4, -0.2) is 30.7 Å². The van der Waals surface area contributed by atoms with E-state index in [0.717, 1.165) is 25.9 Å². The molecule has 0 heterocycles. The third kappa shape index (κ3) is 8.09. The van der Waals surface area contributed by atoms with Crippen LogP contribution in [0, 0.1) is 0 Å². The zero-order chi connectivity index (χ0) is 10.3. The van der Waals surface area contributed by atoms with E-state index in [4.69, 9.17) is 0 Å². The number of hydrogen-bond donors (Lipinski definition) is 0. The standard InChI is InChI=1S/C9H18F3N/c1-3-6-13(7-4-2)8-5-9(10,11)12/h3-8H2,1-2H3. The Morgan fingerprint density at radius 1 is 0.923 bits per heavy atom. The van der Waals surface area contributed by atoms with E-state index in [2.05, 4.69) is 0 Å². The van der Waals surface area contributed by atoms with E-state index in [1.807, 2.05) is 18.7 Å². The summed E-state index contributed by atoms with van der Waals surface area (Å²) < 4.78 is 35.6. The summed E-state index contributed by atoms with van der Waals surface area (Å²) in [6.45, 7) is 5.64. The van der Waals surface area contributed by atoms with Crippen LogP contribution in [0.25, 0.3) is 0 Å². The second-order valence-electron chi connectivity index (χ2n) is 3.21. The summed E-state index contributed by atoms with van der Waals surface area (Å²) in [7, 11) is 0. The molecule has 1 nitrogen and oxygen atoms in total. The molecular formula is C9H18F3N. The fraction of sp³-hybridized carbons (Fsp3) is 1.00. The van der Waals surface area contributed by atoms with Crippen molar-refractivity contribution in [1.29, 1.82) is 0 Å². The first kappa shape index (κ1) is 12.8. The van der Waals surface area contributed by atoms with Crippen LogP contribution < -0.4 is 0 Å². The van der Waals surface area contributed by atoms with Gasteiger partial charge in [0.05, 0.1) is 6.42 Å². The first-order valence-corrected chi connectivity index (χ1v) is 4.78. The van der Waals surface area contributed by atoms with Gasteiger partial charge in [0, 0.05) is 6.54 Å². The summed E-state index contributed by atoms with van der Waals surface area (Å²) >= 11 is 0. The molecule has 0 N–H and O–H groups in total. The molecule has 0 atom stereocenters. The number of alkyl halides is 3. The van der Waals surface area contributed by atoms with Gasteiger partial charge in [-0.3, -0.25) is 0 Å². The summed E-state index contributed by atoms with van der Waals surface area (Å²) in [6, 6.07) is 0. The van der Waals surface area contributed by atoms with Crippen molar-refractivity contribution >= 4 is 0 Å². The third-order valence-corrected chi connectivity index (χ3v) is 1.79. The quantitative estimate of drug-likeness (QED) is 0.632.